The monoisotopic (exact) mass is 452 g/mol. The van der Waals surface area contributed by atoms with Crippen molar-refractivity contribution in [2.24, 2.45) is 11.8 Å². The number of hydrogen-bond acceptors (Lipinski definition) is 5. The molecule has 2 atom stereocenters. The average molecular weight is 453 g/mol. The third-order valence-electron chi connectivity index (χ3n) is 6.07. The third-order valence-corrected chi connectivity index (χ3v) is 6.07. The lowest BCUT2D eigenvalue weighted by molar-refractivity contribution is -0.162. The van der Waals surface area contributed by atoms with Crippen LogP contribution in [-0.2, 0) is 19.2 Å². The van der Waals surface area contributed by atoms with Crippen LogP contribution in [0, 0.1) is 11.8 Å². The minimum absolute atomic E-state index is 0.0165. The van der Waals surface area contributed by atoms with E-state index in [1.54, 1.807) is 6.92 Å². The van der Waals surface area contributed by atoms with Crippen molar-refractivity contribution >= 4 is 18.0 Å². The molecule has 33 heavy (non-hydrogen) atoms. The molecule has 0 saturated heterocycles. The predicted molar refractivity (Wildman–Crippen MR) is 120 cm³/mol. The molecular formula is C25H28N2O6. The number of hydroxylamine groups is 1. The van der Waals surface area contributed by atoms with Crippen LogP contribution in [0.25, 0.3) is 11.1 Å². The molecule has 1 fully saturated rings. The van der Waals surface area contributed by atoms with Gasteiger partial charge in [-0.05, 0) is 46.9 Å². The predicted octanol–water partition coefficient (Wildman–Crippen LogP) is 3.46. The minimum atomic E-state index is -1.08. The van der Waals surface area contributed by atoms with Gasteiger partial charge in [0.25, 0.3) is 0 Å². The SMILES string of the molecule is CC(CNC(=O)OCC1c2ccccc2-c2ccccc21)CC(=O)NOC(C(=O)O)C1CC1. The third kappa shape index (κ3) is 5.51. The second-order valence-electron chi connectivity index (χ2n) is 8.76. The van der Waals surface area contributed by atoms with Gasteiger partial charge in [-0.3, -0.25) is 9.63 Å². The van der Waals surface area contributed by atoms with Crippen molar-refractivity contribution in [1.82, 2.24) is 10.8 Å². The topological polar surface area (TPSA) is 114 Å². The Labute approximate surface area is 192 Å². The van der Waals surface area contributed by atoms with Gasteiger partial charge in [0.2, 0.25) is 5.91 Å². The van der Waals surface area contributed by atoms with E-state index in [1.807, 2.05) is 24.3 Å². The zero-order valence-electron chi connectivity index (χ0n) is 18.5. The molecule has 2 aromatic carbocycles. The highest BCUT2D eigenvalue weighted by Crippen LogP contribution is 2.44. The number of carbonyl (C=O) groups excluding carboxylic acids is 2. The number of carboxylic acids is 1. The molecule has 8 nitrogen and oxygen atoms in total. The normalized spacial score (nSPS) is 16.3. The summed E-state index contributed by atoms with van der Waals surface area (Å²) in [6.07, 6.45) is 0.101. The molecule has 1 saturated carbocycles. The molecule has 0 radical (unpaired) electrons. The van der Waals surface area contributed by atoms with Crippen LogP contribution < -0.4 is 10.8 Å². The van der Waals surface area contributed by atoms with Crippen molar-refractivity contribution in [3.05, 3.63) is 59.7 Å². The average Bonchev–Trinajstić information content (AvgIpc) is 3.58. The van der Waals surface area contributed by atoms with E-state index in [0.29, 0.717) is 0 Å². The van der Waals surface area contributed by atoms with Crippen LogP contribution in [0.1, 0.15) is 43.2 Å². The molecule has 4 rings (SSSR count). The summed E-state index contributed by atoms with van der Waals surface area (Å²) in [5, 5.41) is 11.8. The number of aliphatic carboxylic acids is 1. The second kappa shape index (κ2) is 10.0. The molecule has 2 unspecified atom stereocenters. The molecule has 2 aliphatic carbocycles. The summed E-state index contributed by atoms with van der Waals surface area (Å²) in [6.45, 7) is 2.27. The van der Waals surface area contributed by atoms with Gasteiger partial charge >= 0.3 is 12.1 Å². The standard InChI is InChI=1S/C25H28N2O6/c1-15(12-22(28)27-33-23(24(29)30)16-10-11-16)13-26-25(31)32-14-21-19-8-4-2-6-17(19)18-7-3-5-9-20(18)21/h2-9,15-16,21,23H,10-14H2,1H3,(H,26,31)(H,27,28)(H,29,30). The fourth-order valence-corrected chi connectivity index (χ4v) is 4.21. The first-order chi connectivity index (χ1) is 15.9. The molecule has 2 aliphatic rings. The van der Waals surface area contributed by atoms with Crippen LogP contribution >= 0.6 is 0 Å². The zero-order valence-corrected chi connectivity index (χ0v) is 18.5. The molecule has 0 aliphatic heterocycles. The van der Waals surface area contributed by atoms with Crippen LogP contribution in [0.4, 0.5) is 4.79 Å². The van der Waals surface area contributed by atoms with Crippen LogP contribution in [0.2, 0.25) is 0 Å². The highest BCUT2D eigenvalue weighted by molar-refractivity contribution is 5.79. The first-order valence-electron chi connectivity index (χ1n) is 11.2. The number of rotatable bonds is 10. The number of ether oxygens (including phenoxy) is 1. The van der Waals surface area contributed by atoms with Crippen molar-refractivity contribution in [3.8, 4) is 11.1 Å². The van der Waals surface area contributed by atoms with Crippen LogP contribution in [0.5, 0.6) is 0 Å². The van der Waals surface area contributed by atoms with Gasteiger partial charge < -0.3 is 15.2 Å². The van der Waals surface area contributed by atoms with Crippen molar-refractivity contribution in [2.45, 2.75) is 38.2 Å². The summed E-state index contributed by atoms with van der Waals surface area (Å²) in [4.78, 5) is 40.5. The molecule has 8 heteroatoms. The number of carbonyl (C=O) groups is 3. The van der Waals surface area contributed by atoms with Gasteiger partial charge in [-0.25, -0.2) is 15.1 Å². The lowest BCUT2D eigenvalue weighted by Crippen LogP contribution is -2.37. The second-order valence-corrected chi connectivity index (χ2v) is 8.76. The summed E-state index contributed by atoms with van der Waals surface area (Å²) in [5.41, 5.74) is 6.83. The number of carboxylic acid groups (broad SMARTS) is 1. The van der Waals surface area contributed by atoms with Crippen LogP contribution in [0.3, 0.4) is 0 Å². The molecule has 0 aromatic heterocycles. The van der Waals surface area contributed by atoms with E-state index in [1.165, 1.54) is 0 Å². The van der Waals surface area contributed by atoms with Crippen molar-refractivity contribution in [1.29, 1.82) is 0 Å². The van der Waals surface area contributed by atoms with Crippen LogP contribution in [-0.4, -0.2) is 42.3 Å². The van der Waals surface area contributed by atoms with Crippen molar-refractivity contribution in [2.75, 3.05) is 13.2 Å². The number of amides is 2. The lowest BCUT2D eigenvalue weighted by Gasteiger charge is -2.17. The lowest BCUT2D eigenvalue weighted by atomic mass is 9.98. The molecule has 2 aromatic rings. The van der Waals surface area contributed by atoms with E-state index in [-0.39, 0.29) is 37.3 Å². The maximum Gasteiger partial charge on any atom is 0.407 e. The Kier molecular flexibility index (Phi) is 6.93. The van der Waals surface area contributed by atoms with Gasteiger partial charge in [0.1, 0.15) is 6.61 Å². The van der Waals surface area contributed by atoms with E-state index in [0.717, 1.165) is 35.1 Å². The number of nitrogens with one attached hydrogen (secondary N) is 2. The number of alkyl carbamates (subject to hydrolysis) is 1. The Hall–Kier alpha value is -3.39. The van der Waals surface area contributed by atoms with Gasteiger partial charge in [0.05, 0.1) is 0 Å². The van der Waals surface area contributed by atoms with E-state index < -0.39 is 24.1 Å². The van der Waals surface area contributed by atoms with Gasteiger partial charge in [-0.1, -0.05) is 55.5 Å². The number of benzene rings is 2. The molecule has 0 bridgehead atoms. The van der Waals surface area contributed by atoms with Crippen molar-refractivity contribution in [3.63, 3.8) is 0 Å². The summed E-state index contributed by atoms with van der Waals surface area (Å²) in [7, 11) is 0. The largest absolute Gasteiger partial charge is 0.479 e. The Morgan fingerprint density at radius 2 is 1.64 bits per heavy atom. The quantitative estimate of drug-likeness (QED) is 0.476. The Balaban J connectivity index is 1.21. The number of hydrogen-bond donors (Lipinski definition) is 3. The summed E-state index contributed by atoms with van der Waals surface area (Å²) >= 11 is 0. The first kappa shape index (κ1) is 22.8. The summed E-state index contributed by atoms with van der Waals surface area (Å²) < 4.78 is 5.49. The molecule has 0 heterocycles. The zero-order chi connectivity index (χ0) is 23.4. The maximum absolute atomic E-state index is 12.3. The number of fused-ring (bicyclic) bond motifs is 3. The first-order valence-corrected chi connectivity index (χ1v) is 11.2. The molecule has 174 valence electrons. The van der Waals surface area contributed by atoms with Gasteiger partial charge in [-0.15, -0.1) is 0 Å². The highest BCUT2D eigenvalue weighted by Gasteiger charge is 2.38. The molecule has 3 N–H and O–H groups in total. The highest BCUT2D eigenvalue weighted by atomic mass is 16.7. The van der Waals surface area contributed by atoms with Crippen LogP contribution in [0.15, 0.2) is 48.5 Å². The van der Waals surface area contributed by atoms with E-state index in [2.05, 4.69) is 35.1 Å². The molecule has 0 spiro atoms. The Morgan fingerprint density at radius 3 is 2.21 bits per heavy atom. The van der Waals surface area contributed by atoms with Gasteiger partial charge in [0.15, 0.2) is 6.10 Å². The smallest absolute Gasteiger partial charge is 0.407 e. The van der Waals surface area contributed by atoms with Gasteiger partial charge in [-0.2, -0.15) is 0 Å². The Bertz CT molecular complexity index is 990. The maximum atomic E-state index is 12.3. The Morgan fingerprint density at radius 1 is 1.03 bits per heavy atom. The van der Waals surface area contributed by atoms with Gasteiger partial charge in [0, 0.05) is 18.9 Å². The van der Waals surface area contributed by atoms with Crippen molar-refractivity contribution < 1.29 is 29.1 Å². The minimum Gasteiger partial charge on any atom is -0.479 e. The van der Waals surface area contributed by atoms with E-state index >= 15 is 0 Å². The fourth-order valence-electron chi connectivity index (χ4n) is 4.21. The fraction of sp³-hybridized carbons (Fsp3) is 0.400. The summed E-state index contributed by atoms with van der Waals surface area (Å²) in [5.74, 6) is -1.75. The van der Waals surface area contributed by atoms with E-state index in [9.17, 15) is 14.4 Å². The molecule has 2 amide bonds. The molecular weight excluding hydrogens is 424 g/mol. The summed E-state index contributed by atoms with van der Waals surface area (Å²) in [6, 6.07) is 16.2. The van der Waals surface area contributed by atoms with E-state index in [4.69, 9.17) is 14.7 Å².